The molecule has 2 fully saturated rings. The molecule has 0 atom stereocenters. The average molecular weight is 669 g/mol. The van der Waals surface area contributed by atoms with E-state index in [1.807, 2.05) is 12.1 Å². The molecule has 3 aliphatic heterocycles. The van der Waals surface area contributed by atoms with E-state index in [1.165, 1.54) is 30.3 Å². The Morgan fingerprint density at radius 3 is 2.39 bits per heavy atom. The summed E-state index contributed by atoms with van der Waals surface area (Å²) in [6, 6.07) is 16.7. The van der Waals surface area contributed by atoms with Crippen molar-refractivity contribution >= 4 is 17.4 Å². The number of anilines is 1. The van der Waals surface area contributed by atoms with Crippen LogP contribution in [0.5, 0.6) is 5.75 Å². The Bertz CT molecular complexity index is 1900. The number of nitrogens with one attached hydrogen (secondary N) is 1. The van der Waals surface area contributed by atoms with Crippen LogP contribution in [0.2, 0.25) is 0 Å². The molecule has 0 radical (unpaired) electrons. The molecule has 2 N–H and O–H groups in total. The highest BCUT2D eigenvalue weighted by atomic mass is 19.1. The number of phenolic OH excluding ortho intramolecular Hbond substituents is 1. The Hall–Kier alpha value is -4.67. The van der Waals surface area contributed by atoms with Crippen molar-refractivity contribution in [1.29, 1.82) is 0 Å². The van der Waals surface area contributed by atoms with Crippen LogP contribution in [0.3, 0.4) is 0 Å². The summed E-state index contributed by atoms with van der Waals surface area (Å²) in [5.41, 5.74) is 5.66. The molecular formula is C39H39F3N4O3. The summed E-state index contributed by atoms with van der Waals surface area (Å²) in [4.78, 5) is 23.4. The van der Waals surface area contributed by atoms with Gasteiger partial charge in [0.05, 0.1) is 6.54 Å². The van der Waals surface area contributed by atoms with Crippen LogP contribution in [0.15, 0.2) is 71.7 Å². The third-order valence-electron chi connectivity index (χ3n) is 9.83. The minimum absolute atomic E-state index is 0.0800. The second-order valence-electron chi connectivity index (χ2n) is 13.3. The minimum atomic E-state index is -0.717. The number of piperazine rings is 1. The van der Waals surface area contributed by atoms with Crippen LogP contribution in [-0.2, 0) is 24.1 Å². The van der Waals surface area contributed by atoms with E-state index in [2.05, 4.69) is 33.2 Å². The number of amidine groups is 1. The predicted octanol–water partition coefficient (Wildman–Crippen LogP) is 6.48. The number of aliphatic imine (C=N–C) groups is 1. The molecule has 0 aromatic heterocycles. The van der Waals surface area contributed by atoms with Gasteiger partial charge in [-0.1, -0.05) is 0 Å². The van der Waals surface area contributed by atoms with Gasteiger partial charge >= 0.3 is 0 Å². The van der Waals surface area contributed by atoms with Crippen molar-refractivity contribution in [2.45, 2.75) is 32.2 Å². The van der Waals surface area contributed by atoms with Gasteiger partial charge in [-0.3, -0.25) is 9.79 Å². The van der Waals surface area contributed by atoms with E-state index in [0.717, 1.165) is 81.5 Å². The average Bonchev–Trinajstić information content (AvgIpc) is 3.46. The van der Waals surface area contributed by atoms with Gasteiger partial charge in [0.1, 0.15) is 29.0 Å². The number of carbonyl (C=O) groups excluding carboxylic acids is 1. The maximum absolute atomic E-state index is 15.1. The second-order valence-corrected chi connectivity index (χ2v) is 13.3. The largest absolute Gasteiger partial charge is 0.508 e. The predicted molar refractivity (Wildman–Crippen MR) is 184 cm³/mol. The van der Waals surface area contributed by atoms with E-state index in [1.54, 1.807) is 12.1 Å². The van der Waals surface area contributed by atoms with Crippen LogP contribution in [0.25, 0.3) is 11.1 Å². The fourth-order valence-electron chi connectivity index (χ4n) is 7.11. The number of phenols is 1. The molecule has 10 heteroatoms. The number of fused-ring (bicyclic) bond motifs is 1. The standard InChI is InChI=1S/C39H39F3N4O3/c1-45-8-10-46(11-9-45)31-2-4-33(26(18-31)14-24-6-12-49-13-7-24)39(48)44-38-35-19-27(15-25-16-29(40)21-30(41)17-25)34(20-28(35)23-43-38)36-22-32(47)3-5-37(36)42/h2-5,16-22,24,47H,6-15,23H2,1H3,(H,43,44,48). The SMILES string of the molecule is CN1CCN(c2ccc(C(=O)NC3=NCc4cc(-c5cc(O)ccc5F)c(Cc5cc(F)cc(F)c5)cc43)c(CC3CCOCC3)c2)CC1. The van der Waals surface area contributed by atoms with Gasteiger partial charge in [0.15, 0.2) is 0 Å². The molecule has 254 valence electrons. The zero-order valence-corrected chi connectivity index (χ0v) is 27.4. The van der Waals surface area contributed by atoms with Gasteiger partial charge in [0.25, 0.3) is 5.91 Å². The third-order valence-corrected chi connectivity index (χ3v) is 9.83. The Labute approximate surface area is 284 Å². The van der Waals surface area contributed by atoms with E-state index >= 15 is 4.39 Å². The Balaban J connectivity index is 1.21. The number of ether oxygens (including phenoxy) is 1. The quantitative estimate of drug-likeness (QED) is 0.236. The highest BCUT2D eigenvalue weighted by Crippen LogP contribution is 2.35. The number of nitrogens with zero attached hydrogens (tertiary/aromatic N) is 3. The molecule has 0 spiro atoms. The number of likely N-dealkylation sites (N-methyl/N-ethyl adjacent to an activating group) is 1. The maximum Gasteiger partial charge on any atom is 0.257 e. The first-order valence-electron chi connectivity index (χ1n) is 16.8. The van der Waals surface area contributed by atoms with Gasteiger partial charge in [-0.25, -0.2) is 13.2 Å². The molecule has 7 nitrogen and oxygen atoms in total. The highest BCUT2D eigenvalue weighted by Gasteiger charge is 2.26. The van der Waals surface area contributed by atoms with Crippen LogP contribution in [-0.4, -0.2) is 68.2 Å². The lowest BCUT2D eigenvalue weighted by Crippen LogP contribution is -2.44. The zero-order chi connectivity index (χ0) is 34.1. The highest BCUT2D eigenvalue weighted by molar-refractivity contribution is 6.15. The van der Waals surface area contributed by atoms with Crippen LogP contribution in [0, 0.1) is 23.4 Å². The normalized spacial score (nSPS) is 16.8. The Morgan fingerprint density at radius 1 is 0.878 bits per heavy atom. The molecule has 2 saturated heterocycles. The van der Waals surface area contributed by atoms with Crippen LogP contribution < -0.4 is 10.2 Å². The Kier molecular flexibility index (Phi) is 9.42. The number of hydrogen-bond acceptors (Lipinski definition) is 6. The maximum atomic E-state index is 15.1. The van der Waals surface area contributed by atoms with Gasteiger partial charge in [-0.2, -0.15) is 0 Å². The van der Waals surface area contributed by atoms with Gasteiger partial charge < -0.3 is 25.0 Å². The molecule has 4 aromatic rings. The smallest absolute Gasteiger partial charge is 0.257 e. The van der Waals surface area contributed by atoms with Gasteiger partial charge in [0.2, 0.25) is 0 Å². The van der Waals surface area contributed by atoms with Crippen molar-refractivity contribution < 1.29 is 27.8 Å². The fourth-order valence-corrected chi connectivity index (χ4v) is 7.11. The number of rotatable bonds is 7. The first-order valence-corrected chi connectivity index (χ1v) is 16.8. The van der Waals surface area contributed by atoms with E-state index in [-0.39, 0.29) is 30.2 Å². The van der Waals surface area contributed by atoms with Crippen LogP contribution >= 0.6 is 0 Å². The molecule has 0 saturated carbocycles. The molecule has 0 bridgehead atoms. The molecule has 0 aliphatic carbocycles. The van der Waals surface area contributed by atoms with E-state index in [9.17, 15) is 18.7 Å². The number of carbonyl (C=O) groups is 1. The minimum Gasteiger partial charge on any atom is -0.508 e. The topological polar surface area (TPSA) is 77.4 Å². The fraction of sp³-hybridized carbons (Fsp3) is 0.333. The number of aromatic hydroxyl groups is 1. The summed E-state index contributed by atoms with van der Waals surface area (Å²) in [6.45, 7) is 5.49. The third kappa shape index (κ3) is 7.35. The Morgan fingerprint density at radius 2 is 1.63 bits per heavy atom. The lowest BCUT2D eigenvalue weighted by molar-refractivity contribution is 0.0664. The summed E-state index contributed by atoms with van der Waals surface area (Å²) < 4.78 is 49.1. The lowest BCUT2D eigenvalue weighted by atomic mass is 9.89. The monoisotopic (exact) mass is 668 g/mol. The van der Waals surface area contributed by atoms with Crippen molar-refractivity contribution in [3.05, 3.63) is 118 Å². The molecular weight excluding hydrogens is 629 g/mol. The van der Waals surface area contributed by atoms with Crippen molar-refractivity contribution in [3.8, 4) is 16.9 Å². The summed E-state index contributed by atoms with van der Waals surface area (Å²) in [6.07, 6.45) is 2.74. The molecule has 49 heavy (non-hydrogen) atoms. The molecule has 7 rings (SSSR count). The second kappa shape index (κ2) is 14.1. The van der Waals surface area contributed by atoms with Crippen molar-refractivity contribution in [2.75, 3.05) is 51.3 Å². The first-order chi connectivity index (χ1) is 23.7. The summed E-state index contributed by atoms with van der Waals surface area (Å²) in [5, 5.41) is 13.2. The number of amides is 1. The number of hydrogen-bond donors (Lipinski definition) is 2. The summed E-state index contributed by atoms with van der Waals surface area (Å²) >= 11 is 0. The van der Waals surface area contributed by atoms with E-state index < -0.39 is 17.5 Å². The van der Waals surface area contributed by atoms with Crippen molar-refractivity contribution in [3.63, 3.8) is 0 Å². The molecule has 3 heterocycles. The molecule has 3 aliphatic rings. The first kappa shape index (κ1) is 32.9. The summed E-state index contributed by atoms with van der Waals surface area (Å²) in [5.74, 6) is -1.56. The van der Waals surface area contributed by atoms with Gasteiger partial charge in [0, 0.05) is 67.8 Å². The lowest BCUT2D eigenvalue weighted by Gasteiger charge is -2.34. The zero-order valence-electron chi connectivity index (χ0n) is 27.4. The van der Waals surface area contributed by atoms with Crippen molar-refractivity contribution in [2.24, 2.45) is 10.9 Å². The molecule has 0 unspecified atom stereocenters. The van der Waals surface area contributed by atoms with E-state index in [4.69, 9.17) is 4.74 Å². The van der Waals surface area contributed by atoms with Crippen LogP contribution in [0.1, 0.15) is 51.0 Å². The van der Waals surface area contributed by atoms with Gasteiger partial charge in [-0.15, -0.1) is 0 Å². The van der Waals surface area contributed by atoms with Crippen molar-refractivity contribution in [1.82, 2.24) is 10.2 Å². The number of benzene rings is 4. The van der Waals surface area contributed by atoms with Gasteiger partial charge in [-0.05, 0) is 127 Å². The number of halogens is 3. The molecule has 1 amide bonds. The summed E-state index contributed by atoms with van der Waals surface area (Å²) in [7, 11) is 2.13. The molecule has 4 aromatic carbocycles. The van der Waals surface area contributed by atoms with E-state index in [0.29, 0.717) is 39.6 Å². The van der Waals surface area contributed by atoms with Crippen LogP contribution in [0.4, 0.5) is 18.9 Å².